The number of para-hydroxylation sites is 3. The molecule has 0 fully saturated rings. The zero-order valence-corrected chi connectivity index (χ0v) is 19.9. The van der Waals surface area contributed by atoms with Gasteiger partial charge in [0.25, 0.3) is 0 Å². The molecule has 3 nitrogen and oxygen atoms in total. The van der Waals surface area contributed by atoms with Crippen LogP contribution in [0.3, 0.4) is 0 Å². The average molecular weight is 476 g/mol. The highest BCUT2D eigenvalue weighted by Crippen LogP contribution is 2.43. The monoisotopic (exact) mass is 475 g/mol. The average Bonchev–Trinajstić information content (AvgIpc) is 3.51. The summed E-state index contributed by atoms with van der Waals surface area (Å²) in [5, 5.41) is 10.6. The van der Waals surface area contributed by atoms with Crippen molar-refractivity contribution < 1.29 is 8.83 Å². The van der Waals surface area contributed by atoms with Gasteiger partial charge in [0.05, 0.1) is 0 Å². The zero-order valence-electron chi connectivity index (χ0n) is 19.9. The standard InChI is InChI=1S/C34H21NO2/c1-2-9-23-21(8-1)16-18-29(35-22-17-19-32-28(20-22)25-11-4-5-14-30(25)36-32)33(23)27-13-7-12-26-24-10-3-6-15-31(24)37-34(26)27/h1-20,35H. The molecule has 0 aliphatic rings. The lowest BCUT2D eigenvalue weighted by atomic mass is 9.94. The molecule has 0 spiro atoms. The SMILES string of the molecule is c1ccc2c(-c3cccc4c3oc3ccccc34)c(Nc3ccc4oc5ccccc5c4c3)ccc2c1. The molecule has 2 heterocycles. The Morgan fingerprint density at radius 3 is 2.00 bits per heavy atom. The van der Waals surface area contributed by atoms with Crippen LogP contribution in [0.4, 0.5) is 11.4 Å². The predicted octanol–water partition coefficient (Wildman–Crippen LogP) is 10.0. The molecule has 0 amide bonds. The summed E-state index contributed by atoms with van der Waals surface area (Å²) in [4.78, 5) is 0. The number of hydrogen-bond acceptors (Lipinski definition) is 3. The first-order valence-corrected chi connectivity index (χ1v) is 12.4. The summed E-state index contributed by atoms with van der Waals surface area (Å²) in [6.45, 7) is 0. The summed E-state index contributed by atoms with van der Waals surface area (Å²) in [7, 11) is 0. The van der Waals surface area contributed by atoms with Gasteiger partial charge in [0, 0.05) is 44.0 Å². The van der Waals surface area contributed by atoms with E-state index < -0.39 is 0 Å². The van der Waals surface area contributed by atoms with Gasteiger partial charge >= 0.3 is 0 Å². The fourth-order valence-electron chi connectivity index (χ4n) is 5.57. The molecule has 0 saturated carbocycles. The Hall–Kier alpha value is -5.02. The molecule has 0 atom stereocenters. The molecule has 37 heavy (non-hydrogen) atoms. The lowest BCUT2D eigenvalue weighted by Crippen LogP contribution is -1.95. The van der Waals surface area contributed by atoms with Crippen LogP contribution in [0.2, 0.25) is 0 Å². The van der Waals surface area contributed by atoms with E-state index >= 15 is 0 Å². The smallest absolute Gasteiger partial charge is 0.143 e. The Morgan fingerprint density at radius 1 is 0.459 bits per heavy atom. The lowest BCUT2D eigenvalue weighted by Gasteiger charge is -2.16. The van der Waals surface area contributed by atoms with Crippen molar-refractivity contribution in [3.63, 3.8) is 0 Å². The van der Waals surface area contributed by atoms with Crippen LogP contribution >= 0.6 is 0 Å². The summed E-state index contributed by atoms with van der Waals surface area (Å²) >= 11 is 0. The Bertz CT molecular complexity index is 2130. The molecule has 8 rings (SSSR count). The first-order valence-electron chi connectivity index (χ1n) is 12.4. The Balaban J connectivity index is 1.37. The van der Waals surface area contributed by atoms with E-state index in [0.717, 1.165) is 66.4 Å². The Kier molecular flexibility index (Phi) is 4.23. The Labute approximate surface area is 212 Å². The molecule has 3 heteroatoms. The molecular weight excluding hydrogens is 454 g/mol. The van der Waals surface area contributed by atoms with E-state index in [1.165, 1.54) is 10.8 Å². The van der Waals surface area contributed by atoms with Crippen LogP contribution in [0, 0.1) is 0 Å². The minimum atomic E-state index is 0.887. The van der Waals surface area contributed by atoms with E-state index in [1.807, 2.05) is 36.4 Å². The maximum Gasteiger partial charge on any atom is 0.143 e. The number of hydrogen-bond donors (Lipinski definition) is 1. The van der Waals surface area contributed by atoms with Crippen molar-refractivity contribution in [3.05, 3.63) is 121 Å². The summed E-state index contributed by atoms with van der Waals surface area (Å²) < 4.78 is 12.5. The number of furan rings is 2. The summed E-state index contributed by atoms with van der Waals surface area (Å²) in [5.41, 5.74) is 7.82. The first-order chi connectivity index (χ1) is 18.3. The Morgan fingerprint density at radius 2 is 1.14 bits per heavy atom. The molecule has 0 aliphatic carbocycles. The van der Waals surface area contributed by atoms with Gasteiger partial charge in [0.1, 0.15) is 22.3 Å². The molecule has 174 valence electrons. The normalized spacial score (nSPS) is 11.8. The van der Waals surface area contributed by atoms with Crippen LogP contribution in [0.5, 0.6) is 0 Å². The molecule has 2 aromatic heterocycles. The van der Waals surface area contributed by atoms with Gasteiger partial charge in [-0.25, -0.2) is 0 Å². The highest BCUT2D eigenvalue weighted by molar-refractivity contribution is 6.14. The highest BCUT2D eigenvalue weighted by Gasteiger charge is 2.17. The maximum atomic E-state index is 6.45. The molecule has 8 aromatic rings. The van der Waals surface area contributed by atoms with Crippen molar-refractivity contribution in [2.45, 2.75) is 0 Å². The van der Waals surface area contributed by atoms with E-state index in [-0.39, 0.29) is 0 Å². The van der Waals surface area contributed by atoms with E-state index in [1.54, 1.807) is 0 Å². The summed E-state index contributed by atoms with van der Waals surface area (Å²) in [5.74, 6) is 0. The van der Waals surface area contributed by atoms with Gasteiger partial charge in [-0.3, -0.25) is 0 Å². The number of anilines is 2. The second kappa shape index (κ2) is 7.74. The van der Waals surface area contributed by atoms with Crippen LogP contribution in [0.15, 0.2) is 130 Å². The van der Waals surface area contributed by atoms with Gasteiger partial charge in [-0.2, -0.15) is 0 Å². The summed E-state index contributed by atoms with van der Waals surface area (Å²) in [6, 6.07) is 42.0. The number of benzene rings is 6. The van der Waals surface area contributed by atoms with Gasteiger partial charge in [-0.05, 0) is 47.2 Å². The molecule has 0 bridgehead atoms. The number of rotatable bonds is 3. The van der Waals surface area contributed by atoms with Crippen molar-refractivity contribution in [2.24, 2.45) is 0 Å². The minimum Gasteiger partial charge on any atom is -0.456 e. The van der Waals surface area contributed by atoms with E-state index in [4.69, 9.17) is 8.83 Å². The predicted molar refractivity (Wildman–Crippen MR) is 154 cm³/mol. The molecule has 0 saturated heterocycles. The van der Waals surface area contributed by atoms with Crippen LogP contribution in [-0.4, -0.2) is 0 Å². The third-order valence-corrected chi connectivity index (χ3v) is 7.26. The summed E-state index contributed by atoms with van der Waals surface area (Å²) in [6.07, 6.45) is 0. The van der Waals surface area contributed by atoms with Gasteiger partial charge in [-0.1, -0.05) is 84.9 Å². The van der Waals surface area contributed by atoms with Crippen molar-refractivity contribution in [3.8, 4) is 11.1 Å². The lowest BCUT2D eigenvalue weighted by molar-refractivity contribution is 0.669. The maximum absolute atomic E-state index is 6.45. The van der Waals surface area contributed by atoms with Crippen LogP contribution < -0.4 is 5.32 Å². The third-order valence-electron chi connectivity index (χ3n) is 7.26. The van der Waals surface area contributed by atoms with Crippen LogP contribution in [-0.2, 0) is 0 Å². The van der Waals surface area contributed by atoms with Crippen LogP contribution in [0.25, 0.3) is 65.8 Å². The van der Waals surface area contributed by atoms with Crippen molar-refractivity contribution in [1.82, 2.24) is 0 Å². The molecule has 6 aromatic carbocycles. The van der Waals surface area contributed by atoms with Crippen molar-refractivity contribution in [2.75, 3.05) is 5.32 Å². The molecule has 0 radical (unpaired) electrons. The van der Waals surface area contributed by atoms with E-state index in [2.05, 4.69) is 90.2 Å². The van der Waals surface area contributed by atoms with Gasteiger partial charge in [-0.15, -0.1) is 0 Å². The fraction of sp³-hybridized carbons (Fsp3) is 0. The molecule has 0 unspecified atom stereocenters. The topological polar surface area (TPSA) is 38.3 Å². The minimum absolute atomic E-state index is 0.887. The van der Waals surface area contributed by atoms with Crippen LogP contribution in [0.1, 0.15) is 0 Å². The largest absolute Gasteiger partial charge is 0.456 e. The molecule has 1 N–H and O–H groups in total. The van der Waals surface area contributed by atoms with Crippen molar-refractivity contribution in [1.29, 1.82) is 0 Å². The first kappa shape index (κ1) is 20.2. The van der Waals surface area contributed by atoms with E-state index in [9.17, 15) is 0 Å². The van der Waals surface area contributed by atoms with Gasteiger partial charge < -0.3 is 14.2 Å². The third kappa shape index (κ3) is 3.08. The number of fused-ring (bicyclic) bond motifs is 7. The van der Waals surface area contributed by atoms with Gasteiger partial charge in [0.2, 0.25) is 0 Å². The second-order valence-electron chi connectivity index (χ2n) is 9.42. The second-order valence-corrected chi connectivity index (χ2v) is 9.42. The van der Waals surface area contributed by atoms with Crippen molar-refractivity contribution >= 4 is 66.0 Å². The fourth-order valence-corrected chi connectivity index (χ4v) is 5.57. The van der Waals surface area contributed by atoms with E-state index in [0.29, 0.717) is 0 Å². The molecule has 0 aliphatic heterocycles. The molecular formula is C34H21NO2. The quantitative estimate of drug-likeness (QED) is 0.276. The number of nitrogens with one attached hydrogen (secondary N) is 1. The highest BCUT2D eigenvalue weighted by atomic mass is 16.3. The zero-order chi connectivity index (χ0) is 24.3. The van der Waals surface area contributed by atoms with Gasteiger partial charge in [0.15, 0.2) is 0 Å².